The highest BCUT2D eigenvalue weighted by Gasteiger charge is 2.16. The number of benzene rings is 1. The number of allylic oxidation sites excluding steroid dienone is 2. The van der Waals surface area contributed by atoms with Crippen LogP contribution in [0.4, 0.5) is 0 Å². The summed E-state index contributed by atoms with van der Waals surface area (Å²) in [7, 11) is 4.58. The molecule has 0 heterocycles. The van der Waals surface area contributed by atoms with Crippen molar-refractivity contribution in [3.63, 3.8) is 0 Å². The van der Waals surface area contributed by atoms with Crippen LogP contribution >= 0.6 is 0 Å². The van der Waals surface area contributed by atoms with E-state index in [1.165, 1.54) is 21.3 Å². The first-order chi connectivity index (χ1) is 12.6. The zero-order valence-corrected chi connectivity index (χ0v) is 15.4. The maximum atomic E-state index is 11.9. The number of rotatable bonds is 9. The molecule has 0 radical (unpaired) electrons. The molecule has 0 bridgehead atoms. The molecule has 1 amide bonds. The molecular weight excluding hydrogens is 338 g/mol. The number of nitrogens with one attached hydrogen (secondary N) is 1. The predicted molar refractivity (Wildman–Crippen MR) is 95.4 cm³/mol. The Bertz CT molecular complexity index is 645. The van der Waals surface area contributed by atoms with Crippen molar-refractivity contribution in [1.82, 2.24) is 5.32 Å². The van der Waals surface area contributed by atoms with Gasteiger partial charge in [-0.1, -0.05) is 12.2 Å². The maximum Gasteiger partial charge on any atom is 0.306 e. The van der Waals surface area contributed by atoms with E-state index in [0.29, 0.717) is 23.7 Å². The van der Waals surface area contributed by atoms with Crippen molar-refractivity contribution < 1.29 is 28.5 Å². The van der Waals surface area contributed by atoms with Gasteiger partial charge >= 0.3 is 5.97 Å². The van der Waals surface area contributed by atoms with Gasteiger partial charge in [0.2, 0.25) is 5.75 Å². The minimum Gasteiger partial charge on any atom is -0.493 e. The minimum atomic E-state index is -0.367. The summed E-state index contributed by atoms with van der Waals surface area (Å²) < 4.78 is 20.8. The molecule has 7 nitrogen and oxygen atoms in total. The summed E-state index contributed by atoms with van der Waals surface area (Å²) >= 11 is 0. The SMILES string of the molecule is COc1cc(CNC(=O)COC(=O)C[C@H]2C=CCC2)cc(OC)c1OC. The number of amides is 1. The van der Waals surface area contributed by atoms with E-state index in [1.807, 2.05) is 6.08 Å². The van der Waals surface area contributed by atoms with Crippen LogP contribution in [-0.2, 0) is 20.9 Å². The summed E-state index contributed by atoms with van der Waals surface area (Å²) in [6.45, 7) is -0.0435. The molecule has 1 aromatic rings. The van der Waals surface area contributed by atoms with Crippen LogP contribution in [0.1, 0.15) is 24.8 Å². The zero-order chi connectivity index (χ0) is 18.9. The lowest BCUT2D eigenvalue weighted by Gasteiger charge is -2.14. The van der Waals surface area contributed by atoms with Crippen LogP contribution in [0.5, 0.6) is 17.2 Å². The molecule has 0 aromatic heterocycles. The van der Waals surface area contributed by atoms with Crippen molar-refractivity contribution in [3.8, 4) is 17.2 Å². The summed E-state index contributed by atoms with van der Waals surface area (Å²) in [5, 5.41) is 2.71. The third kappa shape index (κ3) is 5.40. The van der Waals surface area contributed by atoms with E-state index >= 15 is 0 Å². The molecule has 2 rings (SSSR count). The van der Waals surface area contributed by atoms with Crippen LogP contribution in [-0.4, -0.2) is 39.8 Å². The number of methoxy groups -OCH3 is 3. The van der Waals surface area contributed by atoms with Crippen LogP contribution in [0, 0.1) is 5.92 Å². The molecule has 7 heteroatoms. The van der Waals surface area contributed by atoms with Gasteiger partial charge in [-0.3, -0.25) is 9.59 Å². The number of carbonyl (C=O) groups excluding carboxylic acids is 2. The summed E-state index contributed by atoms with van der Waals surface area (Å²) in [4.78, 5) is 23.6. The third-order valence-electron chi connectivity index (χ3n) is 4.12. The minimum absolute atomic E-state index is 0.227. The summed E-state index contributed by atoms with van der Waals surface area (Å²) in [6, 6.07) is 3.50. The Morgan fingerprint density at radius 3 is 2.35 bits per heavy atom. The molecule has 1 aromatic carbocycles. The highest BCUT2D eigenvalue weighted by Crippen LogP contribution is 2.38. The first kappa shape index (κ1) is 19.6. The fraction of sp³-hybridized carbons (Fsp3) is 0.474. The lowest BCUT2D eigenvalue weighted by atomic mass is 10.1. The molecule has 1 aliphatic carbocycles. The Morgan fingerprint density at radius 2 is 1.81 bits per heavy atom. The van der Waals surface area contributed by atoms with E-state index in [2.05, 4.69) is 11.4 Å². The van der Waals surface area contributed by atoms with E-state index < -0.39 is 0 Å². The molecule has 142 valence electrons. The second-order valence-corrected chi connectivity index (χ2v) is 5.94. The third-order valence-corrected chi connectivity index (χ3v) is 4.12. The lowest BCUT2D eigenvalue weighted by Crippen LogP contribution is -2.28. The molecule has 1 atom stereocenters. The summed E-state index contributed by atoms with van der Waals surface area (Å²) in [6.07, 6.45) is 6.35. The number of carbonyl (C=O) groups is 2. The second-order valence-electron chi connectivity index (χ2n) is 5.94. The Labute approximate surface area is 153 Å². The smallest absolute Gasteiger partial charge is 0.306 e. The van der Waals surface area contributed by atoms with Gasteiger partial charge in [-0.05, 0) is 36.5 Å². The Hall–Kier alpha value is -2.70. The van der Waals surface area contributed by atoms with Gasteiger partial charge in [-0.25, -0.2) is 0 Å². The van der Waals surface area contributed by atoms with Crippen LogP contribution in [0.3, 0.4) is 0 Å². The normalized spacial score (nSPS) is 15.4. The first-order valence-corrected chi connectivity index (χ1v) is 8.45. The van der Waals surface area contributed by atoms with Crippen molar-refractivity contribution >= 4 is 11.9 Å². The summed E-state index contributed by atoms with van der Waals surface area (Å²) in [5.41, 5.74) is 0.773. The van der Waals surface area contributed by atoms with Crippen LogP contribution in [0.15, 0.2) is 24.3 Å². The molecule has 1 aliphatic rings. The van der Waals surface area contributed by atoms with E-state index in [1.54, 1.807) is 12.1 Å². The lowest BCUT2D eigenvalue weighted by molar-refractivity contribution is -0.149. The predicted octanol–water partition coefficient (Wildman–Crippen LogP) is 2.23. The molecule has 1 N–H and O–H groups in total. The van der Waals surface area contributed by atoms with Gasteiger partial charge in [0, 0.05) is 6.54 Å². The van der Waals surface area contributed by atoms with Crippen LogP contribution in [0.25, 0.3) is 0 Å². The second kappa shape index (κ2) is 9.70. The van der Waals surface area contributed by atoms with E-state index in [4.69, 9.17) is 18.9 Å². The van der Waals surface area contributed by atoms with Gasteiger partial charge in [-0.2, -0.15) is 0 Å². The topological polar surface area (TPSA) is 83.1 Å². The van der Waals surface area contributed by atoms with E-state index in [9.17, 15) is 9.59 Å². The number of ether oxygens (including phenoxy) is 4. The molecule has 0 saturated heterocycles. The molecule has 0 spiro atoms. The number of hydrogen-bond donors (Lipinski definition) is 1. The summed E-state index contributed by atoms with van der Waals surface area (Å²) in [5.74, 6) is 1.00. The standard InChI is InChI=1S/C19H25NO6/c1-23-15-8-14(9-16(24-2)19(15)25-3)11-20-17(21)12-26-18(22)10-13-6-4-5-7-13/h4,6,8-9,13H,5,7,10-12H2,1-3H3,(H,20,21)/t13-/m0/s1. The van der Waals surface area contributed by atoms with Gasteiger partial charge in [0.25, 0.3) is 5.91 Å². The molecule has 0 aliphatic heterocycles. The van der Waals surface area contributed by atoms with Gasteiger partial charge in [0.1, 0.15) is 0 Å². The first-order valence-electron chi connectivity index (χ1n) is 8.45. The largest absolute Gasteiger partial charge is 0.493 e. The number of esters is 1. The van der Waals surface area contributed by atoms with Crippen molar-refractivity contribution in [2.45, 2.75) is 25.8 Å². The van der Waals surface area contributed by atoms with Gasteiger partial charge < -0.3 is 24.3 Å². The Morgan fingerprint density at radius 1 is 1.12 bits per heavy atom. The quantitative estimate of drug-likeness (QED) is 0.535. The van der Waals surface area contributed by atoms with Gasteiger partial charge in [-0.15, -0.1) is 0 Å². The highest BCUT2D eigenvalue weighted by atomic mass is 16.5. The molecule has 26 heavy (non-hydrogen) atoms. The Kier molecular flexibility index (Phi) is 7.32. The number of hydrogen-bond acceptors (Lipinski definition) is 6. The van der Waals surface area contributed by atoms with Crippen molar-refractivity contribution in [2.24, 2.45) is 5.92 Å². The van der Waals surface area contributed by atoms with Crippen molar-refractivity contribution in [2.75, 3.05) is 27.9 Å². The Balaban J connectivity index is 1.82. The monoisotopic (exact) mass is 363 g/mol. The highest BCUT2D eigenvalue weighted by molar-refractivity contribution is 5.80. The molecule has 0 unspecified atom stereocenters. The maximum absolute atomic E-state index is 11.9. The fourth-order valence-electron chi connectivity index (χ4n) is 2.77. The van der Waals surface area contributed by atoms with Crippen LogP contribution < -0.4 is 19.5 Å². The van der Waals surface area contributed by atoms with E-state index in [0.717, 1.165) is 18.4 Å². The average Bonchev–Trinajstić information content (AvgIpc) is 3.16. The molecule has 0 saturated carbocycles. The average molecular weight is 363 g/mol. The van der Waals surface area contributed by atoms with Gasteiger partial charge in [0.05, 0.1) is 27.8 Å². The molecular formula is C19H25NO6. The van der Waals surface area contributed by atoms with Crippen molar-refractivity contribution in [3.05, 3.63) is 29.8 Å². The zero-order valence-electron chi connectivity index (χ0n) is 15.4. The van der Waals surface area contributed by atoms with Crippen LogP contribution in [0.2, 0.25) is 0 Å². The van der Waals surface area contributed by atoms with E-state index in [-0.39, 0.29) is 30.9 Å². The molecule has 0 fully saturated rings. The van der Waals surface area contributed by atoms with Gasteiger partial charge in [0.15, 0.2) is 18.1 Å². The fourth-order valence-corrected chi connectivity index (χ4v) is 2.77. The van der Waals surface area contributed by atoms with Crippen molar-refractivity contribution in [1.29, 1.82) is 0 Å².